The van der Waals surface area contributed by atoms with E-state index in [-0.39, 0.29) is 23.8 Å². The molecule has 5 heteroatoms. The first-order valence-corrected chi connectivity index (χ1v) is 13.0. The van der Waals surface area contributed by atoms with E-state index in [1.54, 1.807) is 0 Å². The lowest BCUT2D eigenvalue weighted by Gasteiger charge is -2.38. The lowest BCUT2D eigenvalue weighted by molar-refractivity contribution is -0.134. The fourth-order valence-corrected chi connectivity index (χ4v) is 4.92. The van der Waals surface area contributed by atoms with E-state index in [9.17, 15) is 9.59 Å². The van der Waals surface area contributed by atoms with Gasteiger partial charge in [-0.1, -0.05) is 60.5 Å². The topological polar surface area (TPSA) is 58.6 Å². The van der Waals surface area contributed by atoms with Gasteiger partial charge in [0, 0.05) is 18.2 Å². The smallest absolute Gasteiger partial charge is 0.265 e. The Bertz CT molecular complexity index is 1250. The van der Waals surface area contributed by atoms with Gasteiger partial charge in [-0.15, -0.1) is 0 Å². The Hall–Kier alpha value is -3.60. The van der Waals surface area contributed by atoms with Crippen molar-refractivity contribution in [1.29, 1.82) is 0 Å². The summed E-state index contributed by atoms with van der Waals surface area (Å²) in [6.07, 6.45) is 2.72. The third kappa shape index (κ3) is 5.15. The van der Waals surface area contributed by atoms with Gasteiger partial charge in [0.25, 0.3) is 5.91 Å². The molecule has 1 aliphatic carbocycles. The van der Waals surface area contributed by atoms with Crippen LogP contribution in [0.25, 0.3) is 0 Å². The third-order valence-electron chi connectivity index (χ3n) is 7.21. The Morgan fingerprint density at radius 3 is 2.28 bits per heavy atom. The molecule has 0 bridgehead atoms. The molecule has 186 valence electrons. The molecule has 3 aromatic rings. The zero-order valence-corrected chi connectivity index (χ0v) is 21.3. The summed E-state index contributed by atoms with van der Waals surface area (Å²) in [5.74, 6) is 0.896. The number of benzene rings is 3. The Balaban J connectivity index is 1.42. The average molecular weight is 483 g/mol. The van der Waals surface area contributed by atoms with Crippen molar-refractivity contribution in [3.63, 3.8) is 0 Å². The van der Waals surface area contributed by atoms with Gasteiger partial charge in [-0.2, -0.15) is 0 Å². The molecule has 0 saturated heterocycles. The lowest BCUT2D eigenvalue weighted by atomic mass is 9.87. The molecule has 1 N–H and O–H groups in total. The van der Waals surface area contributed by atoms with Crippen molar-refractivity contribution in [3.05, 3.63) is 94.5 Å². The molecule has 3 aromatic carbocycles. The van der Waals surface area contributed by atoms with Crippen molar-refractivity contribution in [2.24, 2.45) is 5.92 Å². The van der Waals surface area contributed by atoms with Gasteiger partial charge in [0.05, 0.1) is 6.04 Å². The number of ether oxygens (including phenoxy) is 1. The Morgan fingerprint density at radius 2 is 1.64 bits per heavy atom. The largest absolute Gasteiger partial charge is 0.481 e. The van der Waals surface area contributed by atoms with E-state index in [1.165, 1.54) is 11.1 Å². The summed E-state index contributed by atoms with van der Waals surface area (Å²) in [6.45, 7) is 6.76. The normalized spacial score (nSPS) is 17.8. The predicted molar refractivity (Wildman–Crippen MR) is 142 cm³/mol. The summed E-state index contributed by atoms with van der Waals surface area (Å²) >= 11 is 0. The van der Waals surface area contributed by atoms with Crippen LogP contribution in [0.3, 0.4) is 0 Å². The highest BCUT2D eigenvalue weighted by atomic mass is 16.5. The fraction of sp³-hybridized carbons (Fsp3) is 0.355. The number of hydrogen-bond donors (Lipinski definition) is 1. The van der Waals surface area contributed by atoms with Crippen LogP contribution in [0.2, 0.25) is 0 Å². The minimum atomic E-state index is -0.616. The molecule has 2 atom stereocenters. The molecule has 5 rings (SSSR count). The van der Waals surface area contributed by atoms with Gasteiger partial charge in [0.2, 0.25) is 5.91 Å². The van der Waals surface area contributed by atoms with Crippen LogP contribution >= 0.6 is 0 Å². The second-order valence-corrected chi connectivity index (χ2v) is 10.1. The van der Waals surface area contributed by atoms with E-state index in [1.807, 2.05) is 50.2 Å². The number of nitrogens with zero attached hydrogens (tertiary/aromatic N) is 1. The summed E-state index contributed by atoms with van der Waals surface area (Å²) in [5.41, 5.74) is 6.51. The summed E-state index contributed by atoms with van der Waals surface area (Å²) in [5, 5.41) is 2.97. The molecule has 1 aliphatic heterocycles. The first kappa shape index (κ1) is 24.1. The van der Waals surface area contributed by atoms with Gasteiger partial charge in [-0.3, -0.25) is 9.59 Å². The third-order valence-corrected chi connectivity index (χ3v) is 7.21. The molecule has 0 aromatic heterocycles. The van der Waals surface area contributed by atoms with Gasteiger partial charge in [-0.05, 0) is 80.5 Å². The zero-order chi connectivity index (χ0) is 25.2. The maximum Gasteiger partial charge on any atom is 0.265 e. The van der Waals surface area contributed by atoms with Crippen molar-refractivity contribution in [2.45, 2.75) is 58.6 Å². The molecule has 2 aliphatic rings. The van der Waals surface area contributed by atoms with Crippen LogP contribution in [0.4, 0.5) is 5.69 Å². The van der Waals surface area contributed by atoms with Crippen LogP contribution in [0, 0.1) is 19.8 Å². The number of hydrogen-bond acceptors (Lipinski definition) is 3. The minimum Gasteiger partial charge on any atom is -0.481 e. The quantitative estimate of drug-likeness (QED) is 0.450. The highest BCUT2D eigenvalue weighted by Gasteiger charge is 2.39. The summed E-state index contributed by atoms with van der Waals surface area (Å²) in [7, 11) is 0. The lowest BCUT2D eigenvalue weighted by Crippen LogP contribution is -2.41. The van der Waals surface area contributed by atoms with Gasteiger partial charge >= 0.3 is 0 Å². The van der Waals surface area contributed by atoms with E-state index >= 15 is 0 Å². The van der Waals surface area contributed by atoms with Crippen LogP contribution in [0.1, 0.15) is 60.0 Å². The highest BCUT2D eigenvalue weighted by Crippen LogP contribution is 2.41. The van der Waals surface area contributed by atoms with Crippen molar-refractivity contribution in [2.75, 3.05) is 11.9 Å². The van der Waals surface area contributed by atoms with Gasteiger partial charge in [-0.25, -0.2) is 0 Å². The molecule has 1 saturated carbocycles. The van der Waals surface area contributed by atoms with Crippen molar-refractivity contribution in [3.8, 4) is 5.75 Å². The molecule has 2 amide bonds. The molecular formula is C31H34N2O3. The minimum absolute atomic E-state index is 0.146. The second kappa shape index (κ2) is 10.2. The van der Waals surface area contributed by atoms with E-state index in [2.05, 4.69) is 47.5 Å². The number of rotatable bonds is 7. The number of amides is 2. The summed E-state index contributed by atoms with van der Waals surface area (Å²) in [6, 6.07) is 22.1. The first-order valence-electron chi connectivity index (χ1n) is 13.0. The van der Waals surface area contributed by atoms with Crippen molar-refractivity contribution >= 4 is 17.5 Å². The fourth-order valence-electron chi connectivity index (χ4n) is 4.92. The number of carbonyl (C=O) groups excluding carboxylic acids is 2. The van der Waals surface area contributed by atoms with Gasteiger partial charge in [0.1, 0.15) is 5.75 Å². The molecule has 0 radical (unpaired) electrons. The maximum absolute atomic E-state index is 13.3. The van der Waals surface area contributed by atoms with Gasteiger partial charge in [0.15, 0.2) is 6.10 Å². The Kier molecular flexibility index (Phi) is 6.82. The van der Waals surface area contributed by atoms with E-state index < -0.39 is 6.10 Å². The van der Waals surface area contributed by atoms with Crippen molar-refractivity contribution in [1.82, 2.24) is 4.90 Å². The number of anilines is 1. The van der Waals surface area contributed by atoms with E-state index in [4.69, 9.17) is 4.74 Å². The number of nitrogens with one attached hydrogen (secondary N) is 1. The molecule has 0 spiro atoms. The van der Waals surface area contributed by atoms with E-state index in [0.717, 1.165) is 48.2 Å². The SMILES string of the molecule is CC[C@H](Oc1ccc2c(c1)[C@@H](c1ccc(C)cc1)N(C(=O)C1CC1)CC2)C(=O)Nc1ccc(C)cc1. The zero-order valence-electron chi connectivity index (χ0n) is 21.3. The first-order chi connectivity index (χ1) is 17.4. The molecule has 1 heterocycles. The molecular weight excluding hydrogens is 448 g/mol. The van der Waals surface area contributed by atoms with Crippen LogP contribution in [0.15, 0.2) is 66.7 Å². The molecule has 1 fully saturated rings. The highest BCUT2D eigenvalue weighted by molar-refractivity contribution is 5.94. The van der Waals surface area contributed by atoms with Crippen LogP contribution in [-0.2, 0) is 16.0 Å². The van der Waals surface area contributed by atoms with E-state index in [0.29, 0.717) is 12.2 Å². The number of fused-ring (bicyclic) bond motifs is 1. The second-order valence-electron chi connectivity index (χ2n) is 10.1. The molecule has 5 nitrogen and oxygen atoms in total. The molecule has 0 unspecified atom stereocenters. The molecule has 36 heavy (non-hydrogen) atoms. The summed E-state index contributed by atoms with van der Waals surface area (Å²) < 4.78 is 6.23. The predicted octanol–water partition coefficient (Wildman–Crippen LogP) is 5.98. The van der Waals surface area contributed by atoms with Crippen LogP contribution in [0.5, 0.6) is 5.75 Å². The van der Waals surface area contributed by atoms with Crippen molar-refractivity contribution < 1.29 is 14.3 Å². The van der Waals surface area contributed by atoms with Crippen LogP contribution in [-0.4, -0.2) is 29.4 Å². The number of aryl methyl sites for hydroxylation is 2. The van der Waals surface area contributed by atoms with Crippen LogP contribution < -0.4 is 10.1 Å². The average Bonchev–Trinajstić information content (AvgIpc) is 3.74. The monoisotopic (exact) mass is 482 g/mol. The maximum atomic E-state index is 13.3. The van der Waals surface area contributed by atoms with Gasteiger partial charge < -0.3 is 15.0 Å². The Labute approximate surface area is 213 Å². The Morgan fingerprint density at radius 1 is 0.972 bits per heavy atom. The number of carbonyl (C=O) groups is 2. The summed E-state index contributed by atoms with van der Waals surface area (Å²) in [4.78, 5) is 28.3. The standard InChI is InChI=1S/C31H34N2O3/c1-4-28(30(34)32-25-14-7-21(3)8-15-25)36-26-16-13-22-17-18-33(31(35)24-11-12-24)29(27(22)19-26)23-9-5-20(2)6-10-23/h5-10,13-16,19,24,28-29H,4,11-12,17-18H2,1-3H3,(H,32,34)/t28-,29+/m0/s1.